The van der Waals surface area contributed by atoms with Gasteiger partial charge in [-0.1, -0.05) is 12.1 Å². The van der Waals surface area contributed by atoms with Gasteiger partial charge in [0.15, 0.2) is 0 Å². The van der Waals surface area contributed by atoms with Crippen LogP contribution in [0.1, 0.15) is 6.42 Å². The van der Waals surface area contributed by atoms with Gasteiger partial charge in [0.05, 0.1) is 7.11 Å². The summed E-state index contributed by atoms with van der Waals surface area (Å²) in [7, 11) is 1.58. The average molecular weight is 233 g/mol. The van der Waals surface area contributed by atoms with Crippen molar-refractivity contribution in [1.29, 1.82) is 0 Å². The van der Waals surface area contributed by atoms with Gasteiger partial charge in [-0.05, 0) is 25.1 Å². The van der Waals surface area contributed by atoms with Crippen molar-refractivity contribution in [2.45, 2.75) is 6.42 Å². The van der Waals surface area contributed by atoms with Gasteiger partial charge in [-0.2, -0.15) is 0 Å². The lowest BCUT2D eigenvalue weighted by molar-refractivity contribution is -0.130. The van der Waals surface area contributed by atoms with E-state index in [0.717, 1.165) is 18.7 Å². The minimum atomic E-state index is -0.278. The Kier molecular flexibility index (Phi) is 3.77. The first-order chi connectivity index (χ1) is 8.29. The van der Waals surface area contributed by atoms with E-state index < -0.39 is 0 Å². The molecule has 1 aliphatic rings. The van der Waals surface area contributed by atoms with Crippen molar-refractivity contribution in [1.82, 2.24) is 5.32 Å². The Morgan fingerprint density at radius 1 is 1.35 bits per heavy atom. The third kappa shape index (κ3) is 3.07. The molecule has 0 spiro atoms. The number of hydrogen-bond acceptors (Lipinski definition) is 4. The van der Waals surface area contributed by atoms with Gasteiger partial charge in [0.1, 0.15) is 11.5 Å². The van der Waals surface area contributed by atoms with E-state index in [1.807, 2.05) is 6.08 Å². The summed E-state index contributed by atoms with van der Waals surface area (Å²) in [5.74, 6) is 0.906. The molecule has 1 heterocycles. The number of benzene rings is 1. The van der Waals surface area contributed by atoms with Crippen LogP contribution in [-0.2, 0) is 4.79 Å². The summed E-state index contributed by atoms with van der Waals surface area (Å²) in [6.45, 7) is 1.54. The molecule has 0 saturated carbocycles. The van der Waals surface area contributed by atoms with Crippen molar-refractivity contribution < 1.29 is 14.3 Å². The monoisotopic (exact) mass is 233 g/mol. The van der Waals surface area contributed by atoms with E-state index in [1.165, 1.54) is 0 Å². The van der Waals surface area contributed by atoms with Gasteiger partial charge >= 0.3 is 5.97 Å². The molecule has 1 aliphatic heterocycles. The minimum Gasteiger partial charge on any atom is -0.497 e. The summed E-state index contributed by atoms with van der Waals surface area (Å²) in [5.41, 5.74) is 0.728. The molecule has 0 bridgehead atoms. The number of carbonyl (C=O) groups is 1. The molecule has 0 amide bonds. The van der Waals surface area contributed by atoms with Gasteiger partial charge in [-0.15, -0.1) is 0 Å². The molecule has 0 fully saturated rings. The molecule has 0 atom stereocenters. The van der Waals surface area contributed by atoms with E-state index in [2.05, 4.69) is 5.32 Å². The lowest BCUT2D eigenvalue weighted by Gasteiger charge is -2.13. The van der Waals surface area contributed by atoms with Crippen LogP contribution >= 0.6 is 0 Å². The first kappa shape index (κ1) is 11.7. The van der Waals surface area contributed by atoms with E-state index in [1.54, 1.807) is 31.4 Å². The summed E-state index contributed by atoms with van der Waals surface area (Å²) >= 11 is 0. The molecule has 4 nitrogen and oxygen atoms in total. The van der Waals surface area contributed by atoms with Crippen LogP contribution in [0.3, 0.4) is 0 Å². The fourth-order valence-electron chi connectivity index (χ4n) is 1.65. The molecule has 17 heavy (non-hydrogen) atoms. The van der Waals surface area contributed by atoms with Gasteiger partial charge in [0, 0.05) is 18.2 Å². The van der Waals surface area contributed by atoms with Gasteiger partial charge in [0.2, 0.25) is 0 Å². The van der Waals surface area contributed by atoms with Crippen molar-refractivity contribution in [2.24, 2.45) is 0 Å². The third-order valence-electron chi connectivity index (χ3n) is 2.58. The predicted octanol–water partition coefficient (Wildman–Crippen LogP) is 1.52. The largest absolute Gasteiger partial charge is 0.497 e. The first-order valence-corrected chi connectivity index (χ1v) is 5.55. The fraction of sp³-hybridized carbons (Fsp3) is 0.308. The highest BCUT2D eigenvalue weighted by atomic mass is 16.5. The second-order valence-corrected chi connectivity index (χ2v) is 3.75. The molecule has 0 unspecified atom stereocenters. The molecular weight excluding hydrogens is 218 g/mol. The minimum absolute atomic E-state index is 0.278. The van der Waals surface area contributed by atoms with Gasteiger partial charge < -0.3 is 14.8 Å². The Bertz CT molecular complexity index is 440. The number of rotatable bonds is 3. The standard InChI is InChI=1S/C13H15NO3/c1-16-11-3-2-4-12(9-11)17-13(15)10-5-7-14-8-6-10/h2-5,9,14H,6-8H2,1H3. The van der Waals surface area contributed by atoms with Crippen molar-refractivity contribution in [3.8, 4) is 11.5 Å². The Labute approximate surface area is 100 Å². The molecule has 0 aromatic heterocycles. The van der Waals surface area contributed by atoms with E-state index in [9.17, 15) is 4.79 Å². The van der Waals surface area contributed by atoms with Crippen LogP contribution in [-0.4, -0.2) is 26.2 Å². The Morgan fingerprint density at radius 2 is 2.18 bits per heavy atom. The molecule has 1 N–H and O–H groups in total. The maximum atomic E-state index is 11.8. The number of carbonyl (C=O) groups excluding carboxylic acids is 1. The molecule has 90 valence electrons. The quantitative estimate of drug-likeness (QED) is 0.635. The van der Waals surface area contributed by atoms with Crippen molar-refractivity contribution >= 4 is 5.97 Å². The van der Waals surface area contributed by atoms with Crippen molar-refractivity contribution in [3.05, 3.63) is 35.9 Å². The van der Waals surface area contributed by atoms with Crippen LogP contribution in [0.4, 0.5) is 0 Å². The van der Waals surface area contributed by atoms with Crippen LogP contribution in [0.5, 0.6) is 11.5 Å². The lowest BCUT2D eigenvalue weighted by Crippen LogP contribution is -2.25. The first-order valence-electron chi connectivity index (χ1n) is 5.55. The molecule has 4 heteroatoms. The summed E-state index contributed by atoms with van der Waals surface area (Å²) < 4.78 is 10.3. The summed E-state index contributed by atoms with van der Waals surface area (Å²) in [6, 6.07) is 7.03. The van der Waals surface area contributed by atoms with Crippen LogP contribution in [0.2, 0.25) is 0 Å². The summed E-state index contributed by atoms with van der Waals surface area (Å²) in [4.78, 5) is 11.8. The molecule has 2 rings (SSSR count). The number of esters is 1. The van der Waals surface area contributed by atoms with Crippen LogP contribution in [0, 0.1) is 0 Å². The van der Waals surface area contributed by atoms with E-state index in [-0.39, 0.29) is 5.97 Å². The van der Waals surface area contributed by atoms with Gasteiger partial charge in [-0.25, -0.2) is 4.79 Å². The highest BCUT2D eigenvalue weighted by Gasteiger charge is 2.14. The molecule has 1 aromatic carbocycles. The highest BCUT2D eigenvalue weighted by molar-refractivity contribution is 5.90. The Morgan fingerprint density at radius 3 is 2.88 bits per heavy atom. The average Bonchev–Trinajstić information content (AvgIpc) is 2.40. The van der Waals surface area contributed by atoms with Gasteiger partial charge in [0.25, 0.3) is 0 Å². The number of methoxy groups -OCH3 is 1. The summed E-state index contributed by atoms with van der Waals surface area (Å²) in [6.07, 6.45) is 2.58. The predicted molar refractivity (Wildman–Crippen MR) is 64.2 cm³/mol. The number of hydrogen-bond donors (Lipinski definition) is 1. The zero-order chi connectivity index (χ0) is 12.1. The number of ether oxygens (including phenoxy) is 2. The van der Waals surface area contributed by atoms with E-state index in [0.29, 0.717) is 17.9 Å². The van der Waals surface area contributed by atoms with E-state index in [4.69, 9.17) is 9.47 Å². The lowest BCUT2D eigenvalue weighted by atomic mass is 10.1. The smallest absolute Gasteiger partial charge is 0.339 e. The molecule has 1 aromatic rings. The maximum absolute atomic E-state index is 11.8. The second kappa shape index (κ2) is 5.50. The van der Waals surface area contributed by atoms with E-state index >= 15 is 0 Å². The molecule has 0 saturated heterocycles. The molecular formula is C13H15NO3. The molecule has 0 radical (unpaired) electrons. The van der Waals surface area contributed by atoms with Crippen LogP contribution in [0.15, 0.2) is 35.9 Å². The SMILES string of the molecule is COc1cccc(OC(=O)C2=CCNCC2)c1. The Balaban J connectivity index is 2.04. The maximum Gasteiger partial charge on any atom is 0.339 e. The molecule has 0 aliphatic carbocycles. The number of nitrogens with one attached hydrogen (secondary N) is 1. The van der Waals surface area contributed by atoms with Crippen molar-refractivity contribution in [2.75, 3.05) is 20.2 Å². The second-order valence-electron chi connectivity index (χ2n) is 3.75. The third-order valence-corrected chi connectivity index (χ3v) is 2.58. The van der Waals surface area contributed by atoms with Gasteiger partial charge in [-0.3, -0.25) is 0 Å². The highest BCUT2D eigenvalue weighted by Crippen LogP contribution is 2.20. The van der Waals surface area contributed by atoms with Crippen LogP contribution < -0.4 is 14.8 Å². The topological polar surface area (TPSA) is 47.6 Å². The zero-order valence-corrected chi connectivity index (χ0v) is 9.73. The normalized spacial score (nSPS) is 15.0. The summed E-state index contributed by atoms with van der Waals surface area (Å²) in [5, 5.41) is 3.15. The fourth-order valence-corrected chi connectivity index (χ4v) is 1.65. The zero-order valence-electron chi connectivity index (χ0n) is 9.73. The van der Waals surface area contributed by atoms with Crippen LogP contribution in [0.25, 0.3) is 0 Å². The van der Waals surface area contributed by atoms with Crippen molar-refractivity contribution in [3.63, 3.8) is 0 Å². The Hall–Kier alpha value is -1.81.